The lowest BCUT2D eigenvalue weighted by Gasteiger charge is -2.35. The molecule has 0 aromatic carbocycles. The van der Waals surface area contributed by atoms with Crippen molar-refractivity contribution in [2.75, 3.05) is 25.0 Å². The van der Waals surface area contributed by atoms with Crippen LogP contribution in [0.2, 0.25) is 0 Å². The number of nitrogens with zero attached hydrogens (tertiary/aromatic N) is 1. The number of ether oxygens (including phenoxy) is 1. The summed E-state index contributed by atoms with van der Waals surface area (Å²) in [5.74, 6) is 0. The molecule has 1 rings (SSSR count). The predicted octanol–water partition coefficient (Wildman–Crippen LogP) is 1.74. The fourth-order valence-corrected chi connectivity index (χ4v) is 1.93. The Morgan fingerprint density at radius 1 is 1.54 bits per heavy atom. The van der Waals surface area contributed by atoms with E-state index < -0.39 is 6.43 Å². The number of hydrogen-bond donors (Lipinski definition) is 0. The molecule has 1 aliphatic rings. The minimum absolute atomic E-state index is 0.0440. The first-order valence-electron chi connectivity index (χ1n) is 4.33. The summed E-state index contributed by atoms with van der Waals surface area (Å²) in [7, 11) is 0. The van der Waals surface area contributed by atoms with Crippen LogP contribution in [-0.4, -0.2) is 48.5 Å². The molecule has 0 radical (unpaired) electrons. The van der Waals surface area contributed by atoms with Crippen molar-refractivity contribution in [1.29, 1.82) is 0 Å². The van der Waals surface area contributed by atoms with Crippen LogP contribution in [0.1, 0.15) is 6.92 Å². The largest absolute Gasteiger partial charge is 0.372 e. The third-order valence-electron chi connectivity index (χ3n) is 1.97. The molecular formula is C8H14BrF2NO. The standard InChI is InChI=1S/C8H14BrF2NO/c1-6-3-12(5-8(10)11)4-7(2-9)13-6/h6-8H,2-5H2,1H3. The van der Waals surface area contributed by atoms with E-state index in [0.29, 0.717) is 18.4 Å². The molecule has 0 aromatic heterocycles. The first-order valence-corrected chi connectivity index (χ1v) is 5.46. The summed E-state index contributed by atoms with van der Waals surface area (Å²) >= 11 is 3.29. The molecule has 2 atom stereocenters. The quantitative estimate of drug-likeness (QED) is 0.715. The molecule has 1 saturated heterocycles. The Morgan fingerprint density at radius 2 is 2.23 bits per heavy atom. The van der Waals surface area contributed by atoms with E-state index in [9.17, 15) is 8.78 Å². The third-order valence-corrected chi connectivity index (χ3v) is 2.69. The second kappa shape index (κ2) is 5.22. The molecule has 0 N–H and O–H groups in total. The first-order chi connectivity index (χ1) is 6.11. The summed E-state index contributed by atoms with van der Waals surface area (Å²) in [5.41, 5.74) is 0. The number of halogens is 3. The number of alkyl halides is 3. The first kappa shape index (κ1) is 11.3. The van der Waals surface area contributed by atoms with Gasteiger partial charge in [-0.15, -0.1) is 0 Å². The normalized spacial score (nSPS) is 31.2. The molecule has 13 heavy (non-hydrogen) atoms. The highest BCUT2D eigenvalue weighted by Crippen LogP contribution is 2.13. The second-order valence-corrected chi connectivity index (χ2v) is 3.98. The van der Waals surface area contributed by atoms with Crippen molar-refractivity contribution >= 4 is 15.9 Å². The summed E-state index contributed by atoms with van der Waals surface area (Å²) in [5, 5.41) is 0.705. The highest BCUT2D eigenvalue weighted by molar-refractivity contribution is 9.09. The van der Waals surface area contributed by atoms with Crippen LogP contribution < -0.4 is 0 Å². The topological polar surface area (TPSA) is 12.5 Å². The number of morpholine rings is 1. The molecule has 5 heteroatoms. The van der Waals surface area contributed by atoms with Crippen LogP contribution in [0, 0.1) is 0 Å². The zero-order valence-electron chi connectivity index (χ0n) is 7.55. The monoisotopic (exact) mass is 257 g/mol. The third kappa shape index (κ3) is 3.87. The van der Waals surface area contributed by atoms with E-state index in [1.807, 2.05) is 6.92 Å². The van der Waals surface area contributed by atoms with E-state index >= 15 is 0 Å². The fraction of sp³-hybridized carbons (Fsp3) is 1.00. The van der Waals surface area contributed by atoms with E-state index in [0.717, 1.165) is 0 Å². The van der Waals surface area contributed by atoms with Gasteiger partial charge in [0.2, 0.25) is 0 Å². The maximum absolute atomic E-state index is 12.1. The van der Waals surface area contributed by atoms with Crippen molar-refractivity contribution in [3.63, 3.8) is 0 Å². The minimum atomic E-state index is -2.25. The molecule has 1 aliphatic heterocycles. The summed E-state index contributed by atoms with van der Waals surface area (Å²) in [6.07, 6.45) is -2.15. The van der Waals surface area contributed by atoms with Crippen LogP contribution >= 0.6 is 15.9 Å². The van der Waals surface area contributed by atoms with Gasteiger partial charge in [0.15, 0.2) is 0 Å². The van der Waals surface area contributed by atoms with Crippen LogP contribution in [0.15, 0.2) is 0 Å². The zero-order chi connectivity index (χ0) is 9.84. The average molecular weight is 258 g/mol. The van der Waals surface area contributed by atoms with Crippen LogP contribution in [0.25, 0.3) is 0 Å². The molecule has 1 fully saturated rings. The van der Waals surface area contributed by atoms with E-state index in [2.05, 4.69) is 15.9 Å². The molecule has 1 heterocycles. The number of hydrogen-bond acceptors (Lipinski definition) is 2. The van der Waals surface area contributed by atoms with Crippen LogP contribution in [-0.2, 0) is 4.74 Å². The van der Waals surface area contributed by atoms with E-state index in [4.69, 9.17) is 4.74 Å². The van der Waals surface area contributed by atoms with Crippen molar-refractivity contribution < 1.29 is 13.5 Å². The highest BCUT2D eigenvalue weighted by atomic mass is 79.9. The van der Waals surface area contributed by atoms with E-state index in [1.165, 1.54) is 0 Å². The lowest BCUT2D eigenvalue weighted by atomic mass is 10.2. The fourth-order valence-electron chi connectivity index (χ4n) is 1.57. The van der Waals surface area contributed by atoms with Crippen molar-refractivity contribution in [1.82, 2.24) is 4.90 Å². The van der Waals surface area contributed by atoms with Crippen molar-refractivity contribution in [2.24, 2.45) is 0 Å². The van der Waals surface area contributed by atoms with Crippen LogP contribution in [0.5, 0.6) is 0 Å². The van der Waals surface area contributed by atoms with Crippen molar-refractivity contribution in [3.05, 3.63) is 0 Å². The average Bonchev–Trinajstić information content (AvgIpc) is 2.01. The van der Waals surface area contributed by atoms with E-state index in [1.54, 1.807) is 4.90 Å². The lowest BCUT2D eigenvalue weighted by Crippen LogP contribution is -2.48. The molecule has 0 aromatic rings. The number of rotatable bonds is 3. The van der Waals surface area contributed by atoms with Crippen molar-refractivity contribution in [3.8, 4) is 0 Å². The Kier molecular flexibility index (Phi) is 4.55. The predicted molar refractivity (Wildman–Crippen MR) is 50.6 cm³/mol. The Labute approximate surface area is 85.4 Å². The summed E-state index contributed by atoms with van der Waals surface area (Å²) in [6, 6.07) is 0. The molecule has 0 aliphatic carbocycles. The van der Waals surface area contributed by atoms with Gasteiger partial charge < -0.3 is 4.74 Å². The molecule has 0 saturated carbocycles. The second-order valence-electron chi connectivity index (χ2n) is 3.33. The summed E-state index contributed by atoms with van der Waals surface area (Å²) in [6.45, 7) is 2.97. The van der Waals surface area contributed by atoms with Gasteiger partial charge in [0.25, 0.3) is 6.43 Å². The Bertz CT molecular complexity index is 157. The highest BCUT2D eigenvalue weighted by Gasteiger charge is 2.25. The molecule has 0 amide bonds. The summed E-state index contributed by atoms with van der Waals surface area (Å²) < 4.78 is 29.7. The van der Waals surface area contributed by atoms with Gasteiger partial charge in [-0.3, -0.25) is 4.90 Å². The lowest BCUT2D eigenvalue weighted by molar-refractivity contribution is -0.0767. The molecular weight excluding hydrogens is 244 g/mol. The van der Waals surface area contributed by atoms with Gasteiger partial charge in [0.05, 0.1) is 18.8 Å². The van der Waals surface area contributed by atoms with Gasteiger partial charge in [0.1, 0.15) is 0 Å². The molecule has 2 unspecified atom stereocenters. The van der Waals surface area contributed by atoms with Crippen LogP contribution in [0.4, 0.5) is 8.78 Å². The molecule has 0 bridgehead atoms. The van der Waals surface area contributed by atoms with Crippen LogP contribution in [0.3, 0.4) is 0 Å². The van der Waals surface area contributed by atoms with Gasteiger partial charge >= 0.3 is 0 Å². The minimum Gasteiger partial charge on any atom is -0.372 e. The van der Waals surface area contributed by atoms with Gasteiger partial charge in [0, 0.05) is 18.4 Å². The Morgan fingerprint density at radius 3 is 2.77 bits per heavy atom. The zero-order valence-corrected chi connectivity index (χ0v) is 9.14. The van der Waals surface area contributed by atoms with Gasteiger partial charge in [-0.1, -0.05) is 15.9 Å². The van der Waals surface area contributed by atoms with E-state index in [-0.39, 0.29) is 18.8 Å². The Hall–Kier alpha value is 0.260. The van der Waals surface area contributed by atoms with Gasteiger partial charge in [-0.05, 0) is 6.92 Å². The molecule has 2 nitrogen and oxygen atoms in total. The molecule has 0 spiro atoms. The summed E-state index contributed by atoms with van der Waals surface area (Å²) in [4.78, 5) is 1.75. The van der Waals surface area contributed by atoms with Gasteiger partial charge in [-0.2, -0.15) is 0 Å². The Balaban J connectivity index is 2.37. The van der Waals surface area contributed by atoms with Gasteiger partial charge in [-0.25, -0.2) is 8.78 Å². The maximum atomic E-state index is 12.1. The smallest absolute Gasteiger partial charge is 0.251 e. The molecule has 78 valence electrons. The maximum Gasteiger partial charge on any atom is 0.251 e. The van der Waals surface area contributed by atoms with Crippen molar-refractivity contribution in [2.45, 2.75) is 25.6 Å². The SMILES string of the molecule is CC1CN(CC(F)F)CC(CBr)O1.